The molecule has 0 spiro atoms. The maximum atomic E-state index is 12.7. The second kappa shape index (κ2) is 10.2. The first-order chi connectivity index (χ1) is 12.8. The topological polar surface area (TPSA) is 35.5 Å². The lowest BCUT2D eigenvalue weighted by Gasteiger charge is -2.26. The van der Waals surface area contributed by atoms with Gasteiger partial charge in [-0.3, -0.25) is 0 Å². The summed E-state index contributed by atoms with van der Waals surface area (Å²) in [6, 6.07) is 30.8. The predicted molar refractivity (Wildman–Crippen MR) is 108 cm³/mol. The number of carbonyl (C=O) groups is 1. The first-order valence-electron chi connectivity index (χ1n) is 8.47. The van der Waals surface area contributed by atoms with Crippen LogP contribution in [0.15, 0.2) is 91.0 Å². The van der Waals surface area contributed by atoms with Crippen molar-refractivity contribution in [3.8, 4) is 0 Å². The molecule has 0 bridgehead atoms. The van der Waals surface area contributed by atoms with Crippen LogP contribution >= 0.6 is 7.26 Å². The highest BCUT2D eigenvalue weighted by molar-refractivity contribution is 7.96. The van der Waals surface area contributed by atoms with E-state index in [2.05, 4.69) is 36.4 Å². The molecule has 0 aliphatic rings. The van der Waals surface area contributed by atoms with E-state index in [0.29, 0.717) is 6.16 Å². The van der Waals surface area contributed by atoms with Crippen LogP contribution in [-0.2, 0) is 14.3 Å². The van der Waals surface area contributed by atoms with Crippen molar-refractivity contribution in [2.24, 2.45) is 0 Å². The summed E-state index contributed by atoms with van der Waals surface area (Å²) in [4.78, 5) is 12.7. The Morgan fingerprint density at radius 2 is 1.11 bits per heavy atom. The minimum absolute atomic E-state index is 0. The average Bonchev–Trinajstić information content (AvgIpc) is 2.72. The summed E-state index contributed by atoms with van der Waals surface area (Å²) in [6.07, 6.45) is 0.300. The van der Waals surface area contributed by atoms with Gasteiger partial charge >= 0.3 is 5.97 Å². The Morgan fingerprint density at radius 1 is 0.741 bits per heavy atom. The highest BCUT2D eigenvalue weighted by Gasteiger charge is 2.47. The lowest BCUT2D eigenvalue weighted by atomic mass is 10.4. The van der Waals surface area contributed by atoms with Gasteiger partial charge in [0.05, 0.1) is 0 Å². The van der Waals surface area contributed by atoms with E-state index in [1.807, 2.05) is 54.6 Å². The van der Waals surface area contributed by atoms with Crippen molar-refractivity contribution in [1.29, 1.82) is 0 Å². The molecule has 3 aromatic rings. The zero-order valence-corrected chi connectivity index (χ0v) is 16.8. The molecule has 27 heavy (non-hydrogen) atoms. The van der Waals surface area contributed by atoms with E-state index >= 15 is 0 Å². The molecule has 0 saturated heterocycles. The molecule has 0 aliphatic carbocycles. The molecule has 0 N–H and O–H groups in total. The SMILES string of the molecule is COCOC(=O)C[P+](c1ccccc1)(c1ccccc1)c1ccccc1.[Cl-]. The van der Waals surface area contributed by atoms with Crippen molar-refractivity contribution < 1.29 is 26.7 Å². The highest BCUT2D eigenvalue weighted by Crippen LogP contribution is 2.55. The number of rotatable bonds is 7. The number of esters is 1. The largest absolute Gasteiger partial charge is 1.00 e. The highest BCUT2D eigenvalue weighted by atomic mass is 35.5. The molecule has 0 aliphatic heterocycles. The number of hydrogen-bond donors (Lipinski definition) is 0. The molecule has 0 unspecified atom stereocenters. The predicted octanol–water partition coefficient (Wildman–Crippen LogP) is 0.132. The lowest BCUT2D eigenvalue weighted by molar-refractivity contribution is -0.150. The van der Waals surface area contributed by atoms with Crippen LogP contribution in [0.5, 0.6) is 0 Å². The summed E-state index contributed by atoms with van der Waals surface area (Å²) in [5, 5.41) is 3.48. The first-order valence-corrected chi connectivity index (χ1v) is 10.4. The molecule has 3 rings (SSSR count). The van der Waals surface area contributed by atoms with Crippen LogP contribution in [0.25, 0.3) is 0 Å². The quantitative estimate of drug-likeness (QED) is 0.321. The van der Waals surface area contributed by atoms with Crippen LogP contribution in [0.4, 0.5) is 0 Å². The number of hydrogen-bond acceptors (Lipinski definition) is 3. The summed E-state index contributed by atoms with van der Waals surface area (Å²) in [5.74, 6) is -0.253. The number of methoxy groups -OCH3 is 1. The van der Waals surface area contributed by atoms with Crippen LogP contribution in [0.2, 0.25) is 0 Å². The lowest BCUT2D eigenvalue weighted by Crippen LogP contribution is -3.00. The molecular weight excluding hydrogens is 379 g/mol. The molecule has 0 aromatic heterocycles. The van der Waals surface area contributed by atoms with Gasteiger partial charge in [-0.25, -0.2) is 4.79 Å². The van der Waals surface area contributed by atoms with Crippen LogP contribution in [0.1, 0.15) is 0 Å². The van der Waals surface area contributed by atoms with E-state index in [-0.39, 0.29) is 25.2 Å². The van der Waals surface area contributed by atoms with Crippen molar-refractivity contribution in [1.82, 2.24) is 0 Å². The molecular formula is C22H22ClO3P. The van der Waals surface area contributed by atoms with E-state index in [0.717, 1.165) is 15.9 Å². The molecule has 0 fully saturated rings. The third-order valence-corrected chi connectivity index (χ3v) is 8.57. The Kier molecular flexibility index (Phi) is 7.99. The van der Waals surface area contributed by atoms with E-state index in [4.69, 9.17) is 9.47 Å². The number of ether oxygens (including phenoxy) is 2. The van der Waals surface area contributed by atoms with Gasteiger partial charge in [0.15, 0.2) is 13.0 Å². The molecule has 3 nitrogen and oxygen atoms in total. The third-order valence-electron chi connectivity index (χ3n) is 4.29. The summed E-state index contributed by atoms with van der Waals surface area (Å²) in [5.41, 5.74) is 0. The van der Waals surface area contributed by atoms with Crippen molar-refractivity contribution in [3.63, 3.8) is 0 Å². The van der Waals surface area contributed by atoms with Gasteiger partial charge in [-0.2, -0.15) is 0 Å². The van der Waals surface area contributed by atoms with Crippen molar-refractivity contribution in [2.45, 2.75) is 0 Å². The summed E-state index contributed by atoms with van der Waals surface area (Å²) >= 11 is 0. The zero-order chi connectivity index (χ0) is 18.2. The minimum Gasteiger partial charge on any atom is -1.00 e. The fourth-order valence-electron chi connectivity index (χ4n) is 3.13. The van der Waals surface area contributed by atoms with Crippen LogP contribution in [0, 0.1) is 0 Å². The third kappa shape index (κ3) is 4.75. The van der Waals surface area contributed by atoms with Crippen molar-refractivity contribution >= 4 is 29.1 Å². The summed E-state index contributed by atoms with van der Waals surface area (Å²) < 4.78 is 10.2. The van der Waals surface area contributed by atoms with Gasteiger partial charge in [0.2, 0.25) is 0 Å². The maximum Gasteiger partial charge on any atom is 0.347 e. The molecule has 0 saturated carbocycles. The normalized spacial score (nSPS) is 10.7. The molecule has 3 aromatic carbocycles. The van der Waals surface area contributed by atoms with E-state index in [1.165, 1.54) is 7.11 Å². The second-order valence-electron chi connectivity index (χ2n) is 5.90. The van der Waals surface area contributed by atoms with Gasteiger partial charge in [-0.05, 0) is 36.4 Å². The molecule has 0 radical (unpaired) electrons. The molecule has 0 heterocycles. The average molecular weight is 401 g/mol. The summed E-state index contributed by atoms with van der Waals surface area (Å²) in [7, 11) is -0.665. The van der Waals surface area contributed by atoms with E-state index in [1.54, 1.807) is 0 Å². The van der Waals surface area contributed by atoms with E-state index < -0.39 is 7.26 Å². The van der Waals surface area contributed by atoms with Gasteiger partial charge < -0.3 is 21.9 Å². The van der Waals surface area contributed by atoms with Crippen molar-refractivity contribution in [2.75, 3.05) is 20.1 Å². The standard InChI is InChI=1S/C22H22O3P.ClH/c1-24-18-25-22(23)17-26(19-11-5-2-6-12-19,20-13-7-3-8-14-20)21-15-9-4-10-16-21;/h2-16H,17-18H2,1H3;1H/q+1;/p-1. The van der Waals surface area contributed by atoms with E-state index in [9.17, 15) is 4.79 Å². The Balaban J connectivity index is 0.00000261. The van der Waals surface area contributed by atoms with Gasteiger partial charge in [-0.15, -0.1) is 0 Å². The monoisotopic (exact) mass is 400 g/mol. The number of carbonyl (C=O) groups excluding carboxylic acids is 1. The van der Waals surface area contributed by atoms with Gasteiger partial charge in [0.1, 0.15) is 23.2 Å². The van der Waals surface area contributed by atoms with Gasteiger partial charge in [0.25, 0.3) is 0 Å². The van der Waals surface area contributed by atoms with Crippen LogP contribution in [-0.4, -0.2) is 26.0 Å². The molecule has 5 heteroatoms. The number of halogens is 1. The Morgan fingerprint density at radius 3 is 1.44 bits per heavy atom. The minimum atomic E-state index is -2.18. The fraction of sp³-hybridized carbons (Fsp3) is 0.136. The van der Waals surface area contributed by atoms with Crippen molar-refractivity contribution in [3.05, 3.63) is 91.0 Å². The fourth-order valence-corrected chi connectivity index (χ4v) is 7.10. The Labute approximate surface area is 167 Å². The molecule has 0 atom stereocenters. The second-order valence-corrected chi connectivity index (χ2v) is 9.38. The maximum absolute atomic E-state index is 12.7. The molecule has 0 amide bonds. The molecule has 140 valence electrons. The van der Waals surface area contributed by atoms with Crippen LogP contribution < -0.4 is 28.3 Å². The van der Waals surface area contributed by atoms with Gasteiger partial charge in [-0.1, -0.05) is 54.6 Å². The Hall–Kier alpha value is -2.19. The Bertz CT molecular complexity index is 729. The summed E-state index contributed by atoms with van der Waals surface area (Å²) in [6.45, 7) is -0.0306. The van der Waals surface area contributed by atoms with Gasteiger partial charge in [0, 0.05) is 7.11 Å². The zero-order valence-electron chi connectivity index (χ0n) is 15.1. The first kappa shape index (κ1) is 21.1. The van der Waals surface area contributed by atoms with Crippen LogP contribution in [0.3, 0.4) is 0 Å². The number of benzene rings is 3. The smallest absolute Gasteiger partial charge is 0.347 e.